The van der Waals surface area contributed by atoms with Crippen molar-refractivity contribution in [1.82, 2.24) is 25.0 Å². The van der Waals surface area contributed by atoms with E-state index in [1.165, 1.54) is 11.8 Å². The maximum atomic E-state index is 5.85. The van der Waals surface area contributed by atoms with Crippen LogP contribution in [0.25, 0.3) is 22.8 Å². The normalized spacial score (nSPS) is 12.1. The molecule has 2 aromatic carbocycles. The molecule has 142 valence electrons. The minimum atomic E-state index is -0.0709. The van der Waals surface area contributed by atoms with E-state index in [2.05, 4.69) is 20.4 Å². The van der Waals surface area contributed by atoms with Gasteiger partial charge in [0.1, 0.15) is 5.75 Å². The van der Waals surface area contributed by atoms with Crippen molar-refractivity contribution in [3.63, 3.8) is 0 Å². The largest absolute Gasteiger partial charge is 0.496 e. The molecule has 4 rings (SSSR count). The first-order valence-electron chi connectivity index (χ1n) is 8.75. The van der Waals surface area contributed by atoms with Gasteiger partial charge in [0.25, 0.3) is 0 Å². The van der Waals surface area contributed by atoms with Crippen molar-refractivity contribution in [3.05, 3.63) is 60.5 Å². The van der Waals surface area contributed by atoms with Gasteiger partial charge in [0.15, 0.2) is 11.0 Å². The van der Waals surface area contributed by atoms with E-state index in [1.807, 2.05) is 73.1 Å². The van der Waals surface area contributed by atoms with Crippen LogP contribution in [0.2, 0.25) is 0 Å². The SMILES string of the molecule is COc1ccccc1-c1nnc(S[C@H](C)c2nnc(-c3ccccc3)o2)n1C. The highest BCUT2D eigenvalue weighted by Gasteiger charge is 2.21. The van der Waals surface area contributed by atoms with Crippen LogP contribution in [-0.4, -0.2) is 32.1 Å². The van der Waals surface area contributed by atoms with E-state index in [1.54, 1.807) is 7.11 Å². The summed E-state index contributed by atoms with van der Waals surface area (Å²) in [6, 6.07) is 17.5. The summed E-state index contributed by atoms with van der Waals surface area (Å²) in [5.41, 5.74) is 1.79. The monoisotopic (exact) mass is 393 g/mol. The van der Waals surface area contributed by atoms with E-state index in [0.29, 0.717) is 11.8 Å². The molecule has 8 heteroatoms. The van der Waals surface area contributed by atoms with Crippen LogP contribution in [0.1, 0.15) is 18.1 Å². The van der Waals surface area contributed by atoms with Gasteiger partial charge in [-0.2, -0.15) is 0 Å². The van der Waals surface area contributed by atoms with Gasteiger partial charge >= 0.3 is 0 Å². The van der Waals surface area contributed by atoms with E-state index in [-0.39, 0.29) is 5.25 Å². The molecule has 0 saturated heterocycles. The molecule has 0 aliphatic rings. The molecule has 2 aromatic heterocycles. The molecular weight excluding hydrogens is 374 g/mol. The Morgan fingerprint density at radius 1 is 0.964 bits per heavy atom. The molecule has 7 nitrogen and oxygen atoms in total. The molecule has 4 aromatic rings. The Hall–Kier alpha value is -3.13. The molecule has 0 saturated carbocycles. The highest BCUT2D eigenvalue weighted by atomic mass is 32.2. The third kappa shape index (κ3) is 3.50. The molecule has 0 amide bonds. The van der Waals surface area contributed by atoms with Crippen molar-refractivity contribution in [2.24, 2.45) is 7.05 Å². The minimum absolute atomic E-state index is 0.0709. The van der Waals surface area contributed by atoms with E-state index in [9.17, 15) is 0 Å². The fourth-order valence-electron chi connectivity index (χ4n) is 2.79. The second kappa shape index (κ2) is 7.85. The van der Waals surface area contributed by atoms with Gasteiger partial charge in [0.05, 0.1) is 17.9 Å². The number of benzene rings is 2. The zero-order chi connectivity index (χ0) is 19.5. The Kier molecular flexibility index (Phi) is 5.12. The quantitative estimate of drug-likeness (QED) is 0.449. The number of hydrogen-bond acceptors (Lipinski definition) is 7. The summed E-state index contributed by atoms with van der Waals surface area (Å²) < 4.78 is 13.2. The lowest BCUT2D eigenvalue weighted by Crippen LogP contribution is -1.98. The van der Waals surface area contributed by atoms with Gasteiger partial charge < -0.3 is 13.7 Å². The molecule has 0 fully saturated rings. The molecule has 0 spiro atoms. The molecule has 0 bridgehead atoms. The van der Waals surface area contributed by atoms with Gasteiger partial charge in [0, 0.05) is 12.6 Å². The van der Waals surface area contributed by atoms with Crippen LogP contribution in [0.4, 0.5) is 0 Å². The van der Waals surface area contributed by atoms with Gasteiger partial charge in [-0.3, -0.25) is 0 Å². The summed E-state index contributed by atoms with van der Waals surface area (Å²) >= 11 is 1.51. The highest BCUT2D eigenvalue weighted by molar-refractivity contribution is 7.99. The lowest BCUT2D eigenvalue weighted by molar-refractivity contribution is 0.416. The molecule has 28 heavy (non-hydrogen) atoms. The van der Waals surface area contributed by atoms with Crippen LogP contribution in [0, 0.1) is 0 Å². The summed E-state index contributed by atoms with van der Waals surface area (Å²) in [5, 5.41) is 17.7. The zero-order valence-electron chi connectivity index (χ0n) is 15.7. The van der Waals surface area contributed by atoms with Gasteiger partial charge in [-0.05, 0) is 31.2 Å². The lowest BCUT2D eigenvalue weighted by atomic mass is 10.2. The average molecular weight is 393 g/mol. The van der Waals surface area contributed by atoms with E-state index in [4.69, 9.17) is 9.15 Å². The van der Waals surface area contributed by atoms with Crippen molar-refractivity contribution in [2.45, 2.75) is 17.3 Å². The van der Waals surface area contributed by atoms with Crippen molar-refractivity contribution in [1.29, 1.82) is 0 Å². The van der Waals surface area contributed by atoms with Crippen LogP contribution in [0.3, 0.4) is 0 Å². The lowest BCUT2D eigenvalue weighted by Gasteiger charge is -2.09. The Morgan fingerprint density at radius 3 is 2.50 bits per heavy atom. The van der Waals surface area contributed by atoms with Gasteiger partial charge in [-0.25, -0.2) is 0 Å². The maximum Gasteiger partial charge on any atom is 0.247 e. The molecule has 0 aliphatic carbocycles. The predicted molar refractivity (Wildman–Crippen MR) is 107 cm³/mol. The van der Waals surface area contributed by atoms with Crippen LogP contribution in [-0.2, 0) is 7.05 Å². The smallest absolute Gasteiger partial charge is 0.247 e. The van der Waals surface area contributed by atoms with E-state index >= 15 is 0 Å². The first kappa shape index (κ1) is 18.2. The van der Waals surface area contributed by atoms with Crippen LogP contribution in [0.15, 0.2) is 64.2 Å². The molecule has 0 radical (unpaired) electrons. The fourth-order valence-corrected chi connectivity index (χ4v) is 3.63. The number of aromatic nitrogens is 5. The van der Waals surface area contributed by atoms with E-state index < -0.39 is 0 Å². The second-order valence-corrected chi connectivity index (χ2v) is 7.44. The Bertz CT molecular complexity index is 1080. The van der Waals surface area contributed by atoms with Gasteiger partial charge in [-0.15, -0.1) is 20.4 Å². The number of nitrogens with zero attached hydrogens (tertiary/aromatic N) is 5. The Morgan fingerprint density at radius 2 is 1.71 bits per heavy atom. The third-order valence-corrected chi connectivity index (χ3v) is 5.40. The number of ether oxygens (including phenoxy) is 1. The second-order valence-electron chi connectivity index (χ2n) is 6.14. The Labute approximate surface area is 166 Å². The Balaban J connectivity index is 1.55. The average Bonchev–Trinajstić information content (AvgIpc) is 3.36. The summed E-state index contributed by atoms with van der Waals surface area (Å²) in [5.74, 6) is 2.55. The summed E-state index contributed by atoms with van der Waals surface area (Å²) in [6.07, 6.45) is 0. The van der Waals surface area contributed by atoms with Crippen molar-refractivity contribution < 1.29 is 9.15 Å². The number of methoxy groups -OCH3 is 1. The van der Waals surface area contributed by atoms with Crippen LogP contribution in [0.5, 0.6) is 5.75 Å². The first-order valence-corrected chi connectivity index (χ1v) is 9.63. The number of hydrogen-bond donors (Lipinski definition) is 0. The van der Waals surface area contributed by atoms with Crippen LogP contribution >= 0.6 is 11.8 Å². The zero-order valence-corrected chi connectivity index (χ0v) is 16.6. The molecule has 1 atom stereocenters. The maximum absolute atomic E-state index is 5.85. The van der Waals surface area contributed by atoms with Gasteiger partial charge in [-0.1, -0.05) is 42.1 Å². The van der Waals surface area contributed by atoms with E-state index in [0.717, 1.165) is 27.9 Å². The molecular formula is C20H19N5O2S. The number of thioether (sulfide) groups is 1. The summed E-state index contributed by atoms with van der Waals surface area (Å²) in [7, 11) is 3.58. The van der Waals surface area contributed by atoms with Gasteiger partial charge in [0.2, 0.25) is 11.8 Å². The summed E-state index contributed by atoms with van der Waals surface area (Å²) in [6.45, 7) is 2.00. The molecule has 2 heterocycles. The van der Waals surface area contributed by atoms with Crippen molar-refractivity contribution in [2.75, 3.05) is 7.11 Å². The molecule has 0 aliphatic heterocycles. The minimum Gasteiger partial charge on any atom is -0.496 e. The highest BCUT2D eigenvalue weighted by Crippen LogP contribution is 2.36. The number of rotatable bonds is 6. The standard InChI is InChI=1S/C20H19N5O2S/c1-13(18-22-23-19(27-18)14-9-5-4-6-10-14)28-20-24-21-17(25(20)2)15-11-7-8-12-16(15)26-3/h4-13H,1-3H3/t13-/m1/s1. The number of para-hydroxylation sites is 1. The van der Waals surface area contributed by atoms with Crippen LogP contribution < -0.4 is 4.74 Å². The topological polar surface area (TPSA) is 78.9 Å². The molecule has 0 N–H and O–H groups in total. The van der Waals surface area contributed by atoms with Crippen molar-refractivity contribution >= 4 is 11.8 Å². The first-order chi connectivity index (χ1) is 13.7. The predicted octanol–water partition coefficient (Wildman–Crippen LogP) is 4.39. The summed E-state index contributed by atoms with van der Waals surface area (Å²) in [4.78, 5) is 0. The van der Waals surface area contributed by atoms with Crippen molar-refractivity contribution in [3.8, 4) is 28.6 Å². The fraction of sp³-hybridized carbons (Fsp3) is 0.200. The molecule has 0 unspecified atom stereocenters. The third-order valence-electron chi connectivity index (χ3n) is 4.27.